The molecule has 3 aliphatic rings. The van der Waals surface area contributed by atoms with Gasteiger partial charge in [0.1, 0.15) is 5.75 Å². The minimum Gasteiger partial charge on any atom is -0.497 e. The number of nitrogens with one attached hydrogen (secondary N) is 2. The molecular formula is C26H31N5O2. The number of anilines is 1. The predicted molar refractivity (Wildman–Crippen MR) is 129 cm³/mol. The Morgan fingerprint density at radius 3 is 2.64 bits per heavy atom. The molecule has 3 fully saturated rings. The summed E-state index contributed by atoms with van der Waals surface area (Å²) < 4.78 is 7.32. The molecule has 0 aliphatic carbocycles. The van der Waals surface area contributed by atoms with Gasteiger partial charge in [-0.2, -0.15) is 5.10 Å². The summed E-state index contributed by atoms with van der Waals surface area (Å²) >= 11 is 0. The maximum Gasteiger partial charge on any atom is 0.319 e. The lowest BCUT2D eigenvalue weighted by molar-refractivity contribution is 0.0296. The molecule has 0 spiro atoms. The van der Waals surface area contributed by atoms with Crippen molar-refractivity contribution in [2.75, 3.05) is 32.1 Å². The predicted octanol–water partition coefficient (Wildman–Crippen LogP) is 4.10. The maximum absolute atomic E-state index is 12.3. The van der Waals surface area contributed by atoms with Crippen molar-refractivity contribution in [1.29, 1.82) is 0 Å². The summed E-state index contributed by atoms with van der Waals surface area (Å²) in [7, 11) is 3.73. The van der Waals surface area contributed by atoms with E-state index in [4.69, 9.17) is 9.84 Å². The second-order valence-corrected chi connectivity index (χ2v) is 9.05. The van der Waals surface area contributed by atoms with E-state index in [1.165, 1.54) is 12.1 Å². The standard InChI is InChI=1S/C26H31N5O2/c1-30-25(15-24(29-30)18-8-10-22(33-2)11-9-18)23-17-31-13-12-19(23)14-21(31)16-27-26(32)28-20-6-4-3-5-7-20/h3-11,15,19,21,23H,12-14,16-17H2,1-2H3,(H2,27,28,32)/t19-,21+,23-/m0/s1. The molecule has 2 N–H and O–H groups in total. The van der Waals surface area contributed by atoms with E-state index in [-0.39, 0.29) is 6.03 Å². The number of fused-ring (bicyclic) bond motifs is 3. The van der Waals surface area contributed by atoms with E-state index in [9.17, 15) is 4.79 Å². The van der Waals surface area contributed by atoms with Gasteiger partial charge in [0.2, 0.25) is 0 Å². The molecule has 172 valence electrons. The molecular weight excluding hydrogens is 414 g/mol. The van der Waals surface area contributed by atoms with Crippen LogP contribution in [0.1, 0.15) is 24.5 Å². The molecule has 6 rings (SSSR count). The molecule has 2 aromatic carbocycles. The number of aromatic nitrogens is 2. The van der Waals surface area contributed by atoms with Gasteiger partial charge in [-0.1, -0.05) is 18.2 Å². The molecule has 4 heterocycles. The average molecular weight is 446 g/mol. The van der Waals surface area contributed by atoms with Crippen LogP contribution in [0.2, 0.25) is 0 Å². The number of hydrogen-bond donors (Lipinski definition) is 2. The highest BCUT2D eigenvalue weighted by atomic mass is 16.5. The number of methoxy groups -OCH3 is 1. The Bertz CT molecular complexity index is 1100. The number of carbonyl (C=O) groups is 1. The first-order chi connectivity index (χ1) is 16.1. The molecule has 33 heavy (non-hydrogen) atoms. The second kappa shape index (κ2) is 9.27. The Labute approximate surface area is 194 Å². The smallest absolute Gasteiger partial charge is 0.319 e. The highest BCUT2D eigenvalue weighted by Crippen LogP contribution is 2.42. The fraction of sp³-hybridized carbons (Fsp3) is 0.385. The third-order valence-electron chi connectivity index (χ3n) is 7.09. The Morgan fingerprint density at radius 1 is 1.15 bits per heavy atom. The van der Waals surface area contributed by atoms with Crippen LogP contribution >= 0.6 is 0 Å². The first kappa shape index (κ1) is 21.5. The number of piperidine rings is 3. The van der Waals surface area contributed by atoms with Crippen molar-refractivity contribution in [3.05, 3.63) is 66.4 Å². The largest absolute Gasteiger partial charge is 0.497 e. The Morgan fingerprint density at radius 2 is 1.94 bits per heavy atom. The van der Waals surface area contributed by atoms with Crippen LogP contribution in [0.3, 0.4) is 0 Å². The normalized spacial score (nSPS) is 23.8. The third kappa shape index (κ3) is 4.59. The number of para-hydroxylation sites is 1. The van der Waals surface area contributed by atoms with Crippen LogP contribution in [0.15, 0.2) is 60.7 Å². The van der Waals surface area contributed by atoms with Crippen molar-refractivity contribution in [1.82, 2.24) is 20.0 Å². The molecule has 2 bridgehead atoms. The van der Waals surface area contributed by atoms with Gasteiger partial charge in [-0.05, 0) is 67.8 Å². The Kier molecular flexibility index (Phi) is 6.05. The van der Waals surface area contributed by atoms with Gasteiger partial charge in [0.25, 0.3) is 0 Å². The second-order valence-electron chi connectivity index (χ2n) is 9.05. The Hall–Kier alpha value is -3.32. The Balaban J connectivity index is 1.21. The zero-order valence-electron chi connectivity index (χ0n) is 19.2. The van der Waals surface area contributed by atoms with Crippen molar-refractivity contribution in [2.45, 2.75) is 24.8 Å². The van der Waals surface area contributed by atoms with Crippen molar-refractivity contribution >= 4 is 11.7 Å². The minimum atomic E-state index is -0.142. The van der Waals surface area contributed by atoms with E-state index >= 15 is 0 Å². The van der Waals surface area contributed by atoms with Gasteiger partial charge in [-0.25, -0.2) is 4.79 Å². The fourth-order valence-corrected chi connectivity index (χ4v) is 5.32. The molecule has 7 nitrogen and oxygen atoms in total. The van der Waals surface area contributed by atoms with E-state index in [1.54, 1.807) is 7.11 Å². The van der Waals surface area contributed by atoms with Gasteiger partial charge >= 0.3 is 6.03 Å². The summed E-state index contributed by atoms with van der Waals surface area (Å²) in [5.74, 6) is 1.93. The number of rotatable bonds is 6. The molecule has 4 atom stereocenters. The lowest BCUT2D eigenvalue weighted by Gasteiger charge is -2.49. The first-order valence-electron chi connectivity index (χ1n) is 11.6. The number of nitrogens with zero attached hydrogens (tertiary/aromatic N) is 3. The fourth-order valence-electron chi connectivity index (χ4n) is 5.32. The maximum atomic E-state index is 12.3. The van der Waals surface area contributed by atoms with Crippen LogP contribution in [-0.2, 0) is 7.05 Å². The summed E-state index contributed by atoms with van der Waals surface area (Å²) in [6.07, 6.45) is 2.29. The number of ether oxygens (including phenoxy) is 1. The number of amides is 2. The summed E-state index contributed by atoms with van der Waals surface area (Å²) in [5.41, 5.74) is 4.21. The lowest BCUT2D eigenvalue weighted by atomic mass is 9.74. The van der Waals surface area contributed by atoms with Gasteiger partial charge in [-0.15, -0.1) is 0 Å². The number of urea groups is 1. The molecule has 3 aromatic rings. The molecule has 2 amide bonds. The molecule has 1 aromatic heterocycles. The number of hydrogen-bond acceptors (Lipinski definition) is 4. The van der Waals surface area contributed by atoms with E-state index in [2.05, 4.69) is 33.7 Å². The topological polar surface area (TPSA) is 71.4 Å². The van der Waals surface area contributed by atoms with Crippen LogP contribution in [-0.4, -0.2) is 53.5 Å². The lowest BCUT2D eigenvalue weighted by Crippen LogP contribution is -2.56. The van der Waals surface area contributed by atoms with E-state index in [0.717, 1.165) is 42.2 Å². The van der Waals surface area contributed by atoms with Crippen molar-refractivity contribution < 1.29 is 9.53 Å². The van der Waals surface area contributed by atoms with Crippen molar-refractivity contribution in [3.8, 4) is 17.0 Å². The zero-order valence-corrected chi connectivity index (χ0v) is 19.2. The van der Waals surface area contributed by atoms with Crippen LogP contribution < -0.4 is 15.4 Å². The van der Waals surface area contributed by atoms with Crippen LogP contribution in [0.5, 0.6) is 5.75 Å². The average Bonchev–Trinajstić information content (AvgIpc) is 3.25. The summed E-state index contributed by atoms with van der Waals surface area (Å²) in [6, 6.07) is 20.1. The van der Waals surface area contributed by atoms with Gasteiger partial charge in [0, 0.05) is 49.0 Å². The molecule has 3 saturated heterocycles. The summed E-state index contributed by atoms with van der Waals surface area (Å²) in [4.78, 5) is 14.8. The SMILES string of the molecule is COc1ccc(-c2cc([C@H]3CN4CC[C@H]3C[C@@H]4CNC(=O)Nc3ccccc3)n(C)n2)cc1. The number of carbonyl (C=O) groups excluding carboxylic acids is 1. The zero-order chi connectivity index (χ0) is 22.8. The highest BCUT2D eigenvalue weighted by Gasteiger charge is 2.41. The van der Waals surface area contributed by atoms with E-state index in [0.29, 0.717) is 24.4 Å². The molecule has 0 saturated carbocycles. The van der Waals surface area contributed by atoms with Crippen LogP contribution in [0.4, 0.5) is 10.5 Å². The molecule has 3 aliphatic heterocycles. The molecule has 7 heteroatoms. The first-order valence-corrected chi connectivity index (χ1v) is 11.6. The number of benzene rings is 2. The minimum absolute atomic E-state index is 0.142. The van der Waals surface area contributed by atoms with Gasteiger partial charge in [0.15, 0.2) is 0 Å². The highest BCUT2D eigenvalue weighted by molar-refractivity contribution is 5.89. The van der Waals surface area contributed by atoms with Gasteiger partial charge < -0.3 is 15.4 Å². The van der Waals surface area contributed by atoms with Crippen LogP contribution in [0, 0.1) is 5.92 Å². The monoisotopic (exact) mass is 445 g/mol. The summed E-state index contributed by atoms with van der Waals surface area (Å²) in [6.45, 7) is 2.78. The van der Waals surface area contributed by atoms with E-state index in [1.807, 2.05) is 54.2 Å². The molecule has 1 unspecified atom stereocenters. The van der Waals surface area contributed by atoms with Crippen molar-refractivity contribution in [2.24, 2.45) is 13.0 Å². The van der Waals surface area contributed by atoms with Crippen molar-refractivity contribution in [3.63, 3.8) is 0 Å². The quantitative estimate of drug-likeness (QED) is 0.599. The third-order valence-corrected chi connectivity index (χ3v) is 7.09. The molecule has 0 radical (unpaired) electrons. The summed E-state index contributed by atoms with van der Waals surface area (Å²) in [5, 5.41) is 10.8. The number of aryl methyl sites for hydroxylation is 1. The van der Waals surface area contributed by atoms with Crippen LogP contribution in [0.25, 0.3) is 11.3 Å². The van der Waals surface area contributed by atoms with Gasteiger partial charge in [-0.3, -0.25) is 9.58 Å². The van der Waals surface area contributed by atoms with E-state index < -0.39 is 0 Å². The van der Waals surface area contributed by atoms with Gasteiger partial charge in [0.05, 0.1) is 12.8 Å².